The molecule has 1 N–H and O–H groups in total. The smallest absolute Gasteiger partial charge is 0.302 e. The maximum Gasteiger partial charge on any atom is 0.431 e. The van der Waals surface area contributed by atoms with E-state index in [1.165, 1.54) is 0 Å². The molecule has 0 atom stereocenters. The van der Waals surface area contributed by atoms with Gasteiger partial charge in [0, 0.05) is 17.1 Å². The Bertz CT molecular complexity index is 871. The molecule has 0 fully saturated rings. The molecule has 106 valence electrons. The van der Waals surface area contributed by atoms with Crippen molar-refractivity contribution in [2.24, 2.45) is 0 Å². The fourth-order valence-corrected chi connectivity index (χ4v) is 1.99. The van der Waals surface area contributed by atoms with Crippen LogP contribution in [0, 0.1) is 0 Å². The Kier molecular flexibility index (Phi) is 2.97. The molecule has 21 heavy (non-hydrogen) atoms. The number of hydrogen-bond donors (Lipinski definition) is 1. The zero-order chi connectivity index (χ0) is 15.0. The van der Waals surface area contributed by atoms with Crippen LogP contribution >= 0.6 is 0 Å². The third-order valence-corrected chi connectivity index (χ3v) is 2.95. The summed E-state index contributed by atoms with van der Waals surface area (Å²) in [5, 5.41) is 0.755. The maximum absolute atomic E-state index is 12.7. The number of nitrogens with zero attached hydrogens (tertiary/aromatic N) is 2. The number of nitrogens with one attached hydrogen (secondary N) is 1. The van der Waals surface area contributed by atoms with Crippen molar-refractivity contribution in [2.75, 3.05) is 0 Å². The summed E-state index contributed by atoms with van der Waals surface area (Å²) in [5.41, 5.74) is -1.05. The summed E-state index contributed by atoms with van der Waals surface area (Å²) in [6.07, 6.45) is -3.01. The summed E-state index contributed by atoms with van der Waals surface area (Å²) >= 11 is 0. The van der Waals surface area contributed by atoms with Gasteiger partial charge in [0.2, 0.25) is 0 Å². The average Bonchev–Trinajstić information content (AvgIpc) is 2.45. The van der Waals surface area contributed by atoms with Crippen LogP contribution < -0.4 is 5.69 Å². The zero-order valence-electron chi connectivity index (χ0n) is 10.5. The van der Waals surface area contributed by atoms with Gasteiger partial charge in [-0.2, -0.15) is 18.2 Å². The average molecular weight is 291 g/mol. The van der Waals surface area contributed by atoms with Crippen molar-refractivity contribution in [3.8, 4) is 11.3 Å². The van der Waals surface area contributed by atoms with Crippen LogP contribution in [0.1, 0.15) is 5.69 Å². The van der Waals surface area contributed by atoms with E-state index in [9.17, 15) is 18.0 Å². The Morgan fingerprint density at radius 3 is 2.67 bits per heavy atom. The second-order valence-electron chi connectivity index (χ2n) is 4.39. The third-order valence-electron chi connectivity index (χ3n) is 2.95. The van der Waals surface area contributed by atoms with E-state index >= 15 is 0 Å². The summed E-state index contributed by atoms with van der Waals surface area (Å²) in [6.45, 7) is 0. The van der Waals surface area contributed by atoms with Gasteiger partial charge in [-0.25, -0.2) is 4.79 Å². The van der Waals surface area contributed by atoms with Crippen molar-refractivity contribution < 1.29 is 13.2 Å². The van der Waals surface area contributed by atoms with Gasteiger partial charge < -0.3 is 4.98 Å². The van der Waals surface area contributed by atoms with E-state index in [1.807, 2.05) is 0 Å². The Labute approximate surface area is 116 Å². The molecule has 0 bridgehead atoms. The monoisotopic (exact) mass is 291 g/mol. The van der Waals surface area contributed by atoms with E-state index in [0.717, 1.165) is 11.5 Å². The maximum atomic E-state index is 12.7. The summed E-state index contributed by atoms with van der Waals surface area (Å²) in [7, 11) is 0. The minimum atomic E-state index is -4.63. The minimum Gasteiger partial charge on any atom is -0.302 e. The molecule has 7 heteroatoms. The number of aromatic amines is 1. The van der Waals surface area contributed by atoms with E-state index in [-0.39, 0.29) is 5.69 Å². The molecule has 0 saturated carbocycles. The largest absolute Gasteiger partial charge is 0.431 e. The molecule has 0 spiro atoms. The first-order valence-electron chi connectivity index (χ1n) is 5.97. The van der Waals surface area contributed by atoms with Gasteiger partial charge in [-0.05, 0) is 24.3 Å². The van der Waals surface area contributed by atoms with Crippen LogP contribution in [-0.4, -0.2) is 15.0 Å². The first kappa shape index (κ1) is 13.3. The van der Waals surface area contributed by atoms with Crippen LogP contribution in [-0.2, 0) is 6.18 Å². The number of aromatic nitrogens is 3. The van der Waals surface area contributed by atoms with Crippen molar-refractivity contribution >= 4 is 10.9 Å². The van der Waals surface area contributed by atoms with E-state index in [0.29, 0.717) is 11.1 Å². The zero-order valence-corrected chi connectivity index (χ0v) is 10.5. The predicted molar refractivity (Wildman–Crippen MR) is 70.6 cm³/mol. The highest BCUT2D eigenvalue weighted by atomic mass is 19.4. The number of hydrogen-bond acceptors (Lipinski definition) is 3. The van der Waals surface area contributed by atoms with Crippen molar-refractivity contribution in [1.82, 2.24) is 15.0 Å². The summed E-state index contributed by atoms with van der Waals surface area (Å²) in [4.78, 5) is 20.7. The Morgan fingerprint density at radius 2 is 1.90 bits per heavy atom. The quantitative estimate of drug-likeness (QED) is 0.749. The molecule has 3 aromatic rings. The SMILES string of the molecule is O=c1nc(-c2ccc3ncccc3c2)cc(C(F)(F)F)[nH]1. The molecular formula is C14H8F3N3O. The van der Waals surface area contributed by atoms with E-state index in [1.54, 1.807) is 41.5 Å². The Hall–Kier alpha value is -2.70. The second kappa shape index (κ2) is 4.69. The number of alkyl halides is 3. The number of H-pyrrole nitrogens is 1. The molecule has 0 aliphatic heterocycles. The molecule has 0 radical (unpaired) electrons. The van der Waals surface area contributed by atoms with Crippen molar-refractivity contribution in [3.63, 3.8) is 0 Å². The highest BCUT2D eigenvalue weighted by Crippen LogP contribution is 2.29. The van der Waals surface area contributed by atoms with Crippen LogP contribution in [0.4, 0.5) is 13.2 Å². The number of rotatable bonds is 1. The summed E-state index contributed by atoms with van der Waals surface area (Å²) in [5.74, 6) is 0. The molecule has 1 aromatic carbocycles. The van der Waals surface area contributed by atoms with Crippen LogP contribution in [0.2, 0.25) is 0 Å². The van der Waals surface area contributed by atoms with Gasteiger partial charge in [-0.3, -0.25) is 4.98 Å². The first-order chi connectivity index (χ1) is 9.93. The Morgan fingerprint density at radius 1 is 1.10 bits per heavy atom. The first-order valence-corrected chi connectivity index (χ1v) is 5.97. The summed E-state index contributed by atoms with van der Waals surface area (Å²) < 4.78 is 38.1. The molecule has 0 amide bonds. The Balaban J connectivity index is 2.18. The van der Waals surface area contributed by atoms with E-state index in [4.69, 9.17) is 0 Å². The van der Waals surface area contributed by atoms with Gasteiger partial charge >= 0.3 is 11.9 Å². The highest BCUT2D eigenvalue weighted by Gasteiger charge is 2.32. The molecule has 0 aliphatic carbocycles. The third kappa shape index (κ3) is 2.62. The number of pyridine rings is 1. The van der Waals surface area contributed by atoms with Crippen molar-refractivity contribution in [2.45, 2.75) is 6.18 Å². The van der Waals surface area contributed by atoms with Crippen LogP contribution in [0.5, 0.6) is 0 Å². The summed E-state index contributed by atoms with van der Waals surface area (Å²) in [6, 6.07) is 9.21. The second-order valence-corrected chi connectivity index (χ2v) is 4.39. The molecule has 0 aliphatic rings. The molecule has 0 saturated heterocycles. The lowest BCUT2D eigenvalue weighted by atomic mass is 10.1. The van der Waals surface area contributed by atoms with E-state index < -0.39 is 17.6 Å². The van der Waals surface area contributed by atoms with Crippen molar-refractivity contribution in [1.29, 1.82) is 0 Å². The molecule has 4 nitrogen and oxygen atoms in total. The van der Waals surface area contributed by atoms with Gasteiger partial charge in [0.25, 0.3) is 0 Å². The highest BCUT2D eigenvalue weighted by molar-refractivity contribution is 5.83. The lowest BCUT2D eigenvalue weighted by Gasteiger charge is -2.08. The van der Waals surface area contributed by atoms with Crippen LogP contribution in [0.3, 0.4) is 0 Å². The molecule has 0 unspecified atom stereocenters. The van der Waals surface area contributed by atoms with Gasteiger partial charge in [0.1, 0.15) is 5.69 Å². The normalized spacial score (nSPS) is 11.8. The van der Waals surface area contributed by atoms with Crippen LogP contribution in [0.15, 0.2) is 47.4 Å². The molecule has 2 heterocycles. The van der Waals surface area contributed by atoms with Gasteiger partial charge in [-0.15, -0.1) is 0 Å². The van der Waals surface area contributed by atoms with E-state index in [2.05, 4.69) is 9.97 Å². The predicted octanol–water partition coefficient (Wildman–Crippen LogP) is 3.00. The van der Waals surface area contributed by atoms with Gasteiger partial charge in [0.15, 0.2) is 0 Å². The van der Waals surface area contributed by atoms with Gasteiger partial charge in [0.05, 0.1) is 11.2 Å². The molecule has 2 aromatic heterocycles. The van der Waals surface area contributed by atoms with Crippen LogP contribution in [0.25, 0.3) is 22.2 Å². The fourth-order valence-electron chi connectivity index (χ4n) is 1.99. The minimum absolute atomic E-state index is 0.0307. The standard InChI is InChI=1S/C14H8F3N3O/c15-14(16,17)12-7-11(19-13(21)20-12)9-3-4-10-8(6-9)2-1-5-18-10/h1-7H,(H,19,20,21). The topological polar surface area (TPSA) is 58.6 Å². The number of benzene rings is 1. The van der Waals surface area contributed by atoms with Gasteiger partial charge in [-0.1, -0.05) is 12.1 Å². The lowest BCUT2D eigenvalue weighted by molar-refractivity contribution is -0.141. The van der Waals surface area contributed by atoms with Crippen molar-refractivity contribution in [3.05, 3.63) is 58.8 Å². The number of halogens is 3. The molecule has 3 rings (SSSR count). The number of fused-ring (bicyclic) bond motifs is 1. The fraction of sp³-hybridized carbons (Fsp3) is 0.0714. The lowest BCUT2D eigenvalue weighted by Crippen LogP contribution is -2.19. The molecular weight excluding hydrogens is 283 g/mol.